The van der Waals surface area contributed by atoms with Crippen LogP contribution in [-0.4, -0.2) is 35.0 Å². The third kappa shape index (κ3) is 2.26. The first-order valence-electron chi connectivity index (χ1n) is 5.93. The number of hydrogen-bond acceptors (Lipinski definition) is 4. The minimum Gasteiger partial charge on any atom is -0.368 e. The molecule has 0 aliphatic carbocycles. The van der Waals surface area contributed by atoms with E-state index in [4.69, 9.17) is 4.74 Å². The number of aromatic nitrogens is 1. The summed E-state index contributed by atoms with van der Waals surface area (Å²) in [5.74, 6) is 1.76. The Morgan fingerprint density at radius 3 is 3.11 bits per heavy atom. The van der Waals surface area contributed by atoms with E-state index in [1.54, 1.807) is 18.0 Å². The van der Waals surface area contributed by atoms with Crippen LogP contribution < -0.4 is 0 Å². The molecule has 1 aliphatic rings. The number of thioether (sulfide) groups is 1. The lowest BCUT2D eigenvalue weighted by atomic mass is 10.1. The molecule has 3 rings (SSSR count). The maximum atomic E-state index is 12.3. The summed E-state index contributed by atoms with van der Waals surface area (Å²) in [7, 11) is 0. The summed E-state index contributed by atoms with van der Waals surface area (Å²) in [6.07, 6.45) is 1.33. The summed E-state index contributed by atoms with van der Waals surface area (Å²) in [4.78, 5) is 16.6. The van der Waals surface area contributed by atoms with Gasteiger partial charge in [-0.3, -0.25) is 9.78 Å². The number of fused-ring (bicyclic) bond motifs is 1. The normalized spacial score (nSPS) is 19.9. The molecule has 1 unspecified atom stereocenters. The number of para-hydroxylation sites is 1. The molecule has 0 saturated carbocycles. The molecule has 0 radical (unpaired) electrons. The monoisotopic (exact) mass is 259 g/mol. The van der Waals surface area contributed by atoms with Gasteiger partial charge in [-0.05, 0) is 12.1 Å². The predicted octanol–water partition coefficient (Wildman–Crippen LogP) is 2.55. The van der Waals surface area contributed by atoms with Gasteiger partial charge >= 0.3 is 0 Å². The summed E-state index contributed by atoms with van der Waals surface area (Å²) < 4.78 is 5.51. The van der Waals surface area contributed by atoms with Crippen LogP contribution in [-0.2, 0) is 4.74 Å². The van der Waals surface area contributed by atoms with Crippen molar-refractivity contribution in [2.24, 2.45) is 0 Å². The lowest BCUT2D eigenvalue weighted by molar-refractivity contribution is 0.0518. The molecule has 18 heavy (non-hydrogen) atoms. The number of Topliss-reactive ketones (excluding diaryl/α,β-unsaturated/α-hetero) is 1. The first kappa shape index (κ1) is 11.7. The van der Waals surface area contributed by atoms with Crippen LogP contribution in [0, 0.1) is 0 Å². The second-order valence-electron chi connectivity index (χ2n) is 4.22. The van der Waals surface area contributed by atoms with Crippen LogP contribution in [0.4, 0.5) is 0 Å². The van der Waals surface area contributed by atoms with E-state index in [0.29, 0.717) is 12.2 Å². The Morgan fingerprint density at radius 1 is 1.39 bits per heavy atom. The quantitative estimate of drug-likeness (QED) is 0.777. The zero-order valence-corrected chi connectivity index (χ0v) is 10.7. The number of rotatable bonds is 2. The number of nitrogens with zero attached hydrogens (tertiary/aromatic N) is 1. The standard InChI is InChI=1S/C14H13NO2S/c16-14(13-9-18-6-5-17-13)11-7-10-3-1-2-4-12(10)15-8-11/h1-4,7-8,13H,5-6,9H2. The zero-order chi connectivity index (χ0) is 12.4. The second kappa shape index (κ2) is 5.08. The van der Waals surface area contributed by atoms with Crippen LogP contribution in [0.5, 0.6) is 0 Å². The molecule has 0 spiro atoms. The molecule has 0 N–H and O–H groups in total. The maximum absolute atomic E-state index is 12.3. The van der Waals surface area contributed by atoms with E-state index in [1.165, 1.54) is 0 Å². The number of benzene rings is 1. The second-order valence-corrected chi connectivity index (χ2v) is 5.37. The minimum atomic E-state index is -0.313. The lowest BCUT2D eigenvalue weighted by Gasteiger charge is -2.20. The van der Waals surface area contributed by atoms with Crippen LogP contribution in [0.25, 0.3) is 10.9 Å². The smallest absolute Gasteiger partial charge is 0.193 e. The predicted molar refractivity (Wildman–Crippen MR) is 73.1 cm³/mol. The van der Waals surface area contributed by atoms with Crippen molar-refractivity contribution in [1.29, 1.82) is 0 Å². The fourth-order valence-electron chi connectivity index (χ4n) is 2.03. The molecule has 4 heteroatoms. The Labute approximate surface area is 110 Å². The Hall–Kier alpha value is -1.39. The first-order chi connectivity index (χ1) is 8.84. The fraction of sp³-hybridized carbons (Fsp3) is 0.286. The number of carbonyl (C=O) groups is 1. The van der Waals surface area contributed by atoms with E-state index in [0.717, 1.165) is 22.4 Å². The van der Waals surface area contributed by atoms with Gasteiger partial charge in [-0.25, -0.2) is 0 Å². The molecule has 1 aromatic carbocycles. The van der Waals surface area contributed by atoms with Crippen molar-refractivity contribution < 1.29 is 9.53 Å². The molecule has 1 aromatic heterocycles. The minimum absolute atomic E-state index is 0.0421. The zero-order valence-electron chi connectivity index (χ0n) is 9.83. The topological polar surface area (TPSA) is 39.2 Å². The van der Waals surface area contributed by atoms with Crippen LogP contribution in [0.3, 0.4) is 0 Å². The first-order valence-corrected chi connectivity index (χ1v) is 7.08. The Bertz CT molecular complexity index is 579. The van der Waals surface area contributed by atoms with Gasteiger partial charge in [0.15, 0.2) is 5.78 Å². The third-order valence-electron chi connectivity index (χ3n) is 2.98. The average Bonchev–Trinajstić information content (AvgIpc) is 2.47. The highest BCUT2D eigenvalue weighted by Gasteiger charge is 2.23. The molecular weight excluding hydrogens is 246 g/mol. The Morgan fingerprint density at radius 2 is 2.28 bits per heavy atom. The molecule has 92 valence electrons. The van der Waals surface area contributed by atoms with E-state index in [1.807, 2.05) is 30.3 Å². The van der Waals surface area contributed by atoms with Crippen LogP contribution in [0.1, 0.15) is 10.4 Å². The van der Waals surface area contributed by atoms with Crippen molar-refractivity contribution in [1.82, 2.24) is 4.98 Å². The molecule has 1 fully saturated rings. The van der Waals surface area contributed by atoms with Crippen molar-refractivity contribution >= 4 is 28.4 Å². The van der Waals surface area contributed by atoms with Gasteiger partial charge in [0, 0.05) is 28.7 Å². The summed E-state index contributed by atoms with van der Waals surface area (Å²) >= 11 is 1.76. The van der Waals surface area contributed by atoms with Crippen LogP contribution in [0.2, 0.25) is 0 Å². The van der Waals surface area contributed by atoms with Gasteiger partial charge in [-0.15, -0.1) is 0 Å². The van der Waals surface area contributed by atoms with Crippen molar-refractivity contribution in [2.75, 3.05) is 18.1 Å². The highest BCUT2D eigenvalue weighted by Crippen LogP contribution is 2.19. The maximum Gasteiger partial charge on any atom is 0.193 e. The summed E-state index contributed by atoms with van der Waals surface area (Å²) in [6.45, 7) is 0.655. The van der Waals surface area contributed by atoms with Crippen molar-refractivity contribution in [2.45, 2.75) is 6.10 Å². The molecule has 0 amide bonds. The Kier molecular flexibility index (Phi) is 3.30. The Balaban J connectivity index is 1.91. The molecule has 1 saturated heterocycles. The van der Waals surface area contributed by atoms with Gasteiger partial charge in [0.05, 0.1) is 12.1 Å². The summed E-state index contributed by atoms with van der Waals surface area (Å²) in [5, 5.41) is 0.992. The van der Waals surface area contributed by atoms with E-state index in [-0.39, 0.29) is 11.9 Å². The SMILES string of the molecule is O=C(c1cnc2ccccc2c1)C1CSCCO1. The summed E-state index contributed by atoms with van der Waals surface area (Å²) in [6, 6.07) is 9.70. The van der Waals surface area contributed by atoms with E-state index < -0.39 is 0 Å². The van der Waals surface area contributed by atoms with Crippen molar-refractivity contribution in [3.63, 3.8) is 0 Å². The van der Waals surface area contributed by atoms with E-state index >= 15 is 0 Å². The number of pyridine rings is 1. The highest BCUT2D eigenvalue weighted by molar-refractivity contribution is 7.99. The molecule has 1 atom stereocenters. The number of ketones is 1. The largest absolute Gasteiger partial charge is 0.368 e. The van der Waals surface area contributed by atoms with Crippen molar-refractivity contribution in [3.05, 3.63) is 42.1 Å². The van der Waals surface area contributed by atoms with Gasteiger partial charge in [-0.1, -0.05) is 18.2 Å². The number of hydrogen-bond donors (Lipinski definition) is 0. The summed E-state index contributed by atoms with van der Waals surface area (Å²) in [5.41, 5.74) is 1.55. The molecular formula is C14H13NO2S. The van der Waals surface area contributed by atoms with Gasteiger partial charge in [0.25, 0.3) is 0 Å². The van der Waals surface area contributed by atoms with Crippen LogP contribution in [0.15, 0.2) is 36.5 Å². The third-order valence-corrected chi connectivity index (χ3v) is 3.98. The fourth-order valence-corrected chi connectivity index (χ4v) is 2.87. The van der Waals surface area contributed by atoms with Gasteiger partial charge < -0.3 is 4.74 Å². The average molecular weight is 259 g/mol. The van der Waals surface area contributed by atoms with E-state index in [9.17, 15) is 4.79 Å². The van der Waals surface area contributed by atoms with Gasteiger partial charge in [0.1, 0.15) is 6.10 Å². The molecule has 0 bridgehead atoms. The lowest BCUT2D eigenvalue weighted by Crippen LogP contribution is -2.31. The number of carbonyl (C=O) groups excluding carboxylic acids is 1. The van der Waals surface area contributed by atoms with Gasteiger partial charge in [-0.2, -0.15) is 11.8 Å². The van der Waals surface area contributed by atoms with Gasteiger partial charge in [0.2, 0.25) is 0 Å². The highest BCUT2D eigenvalue weighted by atomic mass is 32.2. The van der Waals surface area contributed by atoms with Crippen molar-refractivity contribution in [3.8, 4) is 0 Å². The number of ether oxygens (including phenoxy) is 1. The molecule has 2 heterocycles. The molecule has 3 nitrogen and oxygen atoms in total. The molecule has 2 aromatic rings. The molecule has 1 aliphatic heterocycles. The van der Waals surface area contributed by atoms with E-state index in [2.05, 4.69) is 4.98 Å². The van der Waals surface area contributed by atoms with Crippen LogP contribution >= 0.6 is 11.8 Å².